The number of hydrogen-bond acceptors (Lipinski definition) is 2. The smallest absolute Gasteiger partial charge is 0.381 e. The molecule has 0 fully saturated rings. The van der Waals surface area contributed by atoms with Crippen LogP contribution in [-0.2, 0) is 12.7 Å². The van der Waals surface area contributed by atoms with Gasteiger partial charge in [0.15, 0.2) is 5.69 Å². The van der Waals surface area contributed by atoms with Crippen LogP contribution in [0, 0.1) is 18.6 Å². The highest BCUT2D eigenvalue weighted by Gasteiger charge is 2.34. The minimum Gasteiger partial charge on any atom is -0.381 e. The molecule has 1 N–H and O–H groups in total. The summed E-state index contributed by atoms with van der Waals surface area (Å²) in [5.41, 5.74) is 0.804. The molecule has 0 saturated carbocycles. The Balaban J connectivity index is 1.74. The van der Waals surface area contributed by atoms with Gasteiger partial charge in [-0.2, -0.15) is 18.3 Å². The molecule has 3 aromatic rings. The van der Waals surface area contributed by atoms with Crippen LogP contribution in [0.25, 0.3) is 5.69 Å². The summed E-state index contributed by atoms with van der Waals surface area (Å²) < 4.78 is 65.9. The molecular weight excluding hydrogens is 353 g/mol. The minimum atomic E-state index is -4.50. The Morgan fingerprint density at radius 2 is 1.69 bits per heavy atom. The standard InChI is InChI=1S/C18H14F5N3/c1-11-8-17(18(21,22)23)25-26(11)15-6-4-14(5-7-15)24-10-12-2-3-13(19)9-16(12)20/h2-9,24H,10H2,1H3. The zero-order valence-corrected chi connectivity index (χ0v) is 13.6. The maximum absolute atomic E-state index is 13.6. The first-order valence-corrected chi connectivity index (χ1v) is 7.66. The van der Waals surface area contributed by atoms with Crippen molar-refractivity contribution in [3.63, 3.8) is 0 Å². The number of halogens is 5. The van der Waals surface area contributed by atoms with Crippen molar-refractivity contribution in [2.75, 3.05) is 5.32 Å². The van der Waals surface area contributed by atoms with E-state index in [9.17, 15) is 22.0 Å². The number of alkyl halides is 3. The van der Waals surface area contributed by atoms with Crippen molar-refractivity contribution in [3.05, 3.63) is 77.1 Å². The second kappa shape index (κ2) is 6.78. The molecule has 0 spiro atoms. The lowest BCUT2D eigenvalue weighted by atomic mass is 10.2. The number of nitrogens with one attached hydrogen (secondary N) is 1. The molecule has 26 heavy (non-hydrogen) atoms. The minimum absolute atomic E-state index is 0.143. The molecule has 1 heterocycles. The number of hydrogen-bond donors (Lipinski definition) is 1. The highest BCUT2D eigenvalue weighted by Crippen LogP contribution is 2.29. The summed E-state index contributed by atoms with van der Waals surface area (Å²) in [4.78, 5) is 0. The van der Waals surface area contributed by atoms with Crippen molar-refractivity contribution in [1.29, 1.82) is 0 Å². The largest absolute Gasteiger partial charge is 0.435 e. The van der Waals surface area contributed by atoms with Gasteiger partial charge in [0.05, 0.1) is 5.69 Å². The molecule has 8 heteroatoms. The Kier molecular flexibility index (Phi) is 4.67. The third-order valence-electron chi connectivity index (χ3n) is 3.79. The maximum Gasteiger partial charge on any atom is 0.435 e. The summed E-state index contributed by atoms with van der Waals surface area (Å²) in [6.45, 7) is 1.68. The third-order valence-corrected chi connectivity index (χ3v) is 3.79. The van der Waals surface area contributed by atoms with Crippen LogP contribution >= 0.6 is 0 Å². The van der Waals surface area contributed by atoms with E-state index in [2.05, 4.69) is 10.4 Å². The zero-order chi connectivity index (χ0) is 18.9. The highest BCUT2D eigenvalue weighted by atomic mass is 19.4. The number of anilines is 1. The summed E-state index contributed by atoms with van der Waals surface area (Å²) in [6, 6.07) is 10.8. The molecular formula is C18H14F5N3. The van der Waals surface area contributed by atoms with E-state index >= 15 is 0 Å². The molecule has 0 aliphatic carbocycles. The Morgan fingerprint density at radius 3 is 2.27 bits per heavy atom. The summed E-state index contributed by atoms with van der Waals surface area (Å²) in [6.07, 6.45) is -4.50. The van der Waals surface area contributed by atoms with E-state index in [-0.39, 0.29) is 6.54 Å². The number of aryl methyl sites for hydroxylation is 1. The lowest BCUT2D eigenvalue weighted by Gasteiger charge is -2.09. The van der Waals surface area contributed by atoms with Gasteiger partial charge in [0.2, 0.25) is 0 Å². The van der Waals surface area contributed by atoms with Gasteiger partial charge in [0.25, 0.3) is 0 Å². The summed E-state index contributed by atoms with van der Waals surface area (Å²) >= 11 is 0. The van der Waals surface area contributed by atoms with Crippen molar-refractivity contribution in [2.45, 2.75) is 19.6 Å². The van der Waals surface area contributed by atoms with Crippen LogP contribution in [0.3, 0.4) is 0 Å². The quantitative estimate of drug-likeness (QED) is 0.651. The second-order valence-electron chi connectivity index (χ2n) is 5.72. The number of nitrogens with zero attached hydrogens (tertiary/aromatic N) is 2. The first-order valence-electron chi connectivity index (χ1n) is 7.66. The molecule has 2 aromatic carbocycles. The van der Waals surface area contributed by atoms with Crippen LogP contribution in [0.2, 0.25) is 0 Å². The maximum atomic E-state index is 13.6. The predicted octanol–water partition coefficient (Wildman–Crippen LogP) is 5.09. The Morgan fingerprint density at radius 1 is 1.00 bits per heavy atom. The fourth-order valence-corrected chi connectivity index (χ4v) is 2.46. The van der Waals surface area contributed by atoms with E-state index in [0.29, 0.717) is 22.6 Å². The molecule has 0 unspecified atom stereocenters. The molecule has 1 aromatic heterocycles. The average Bonchev–Trinajstić information content (AvgIpc) is 2.97. The van der Waals surface area contributed by atoms with Gasteiger partial charge >= 0.3 is 6.18 Å². The number of aromatic nitrogens is 2. The first kappa shape index (κ1) is 17.9. The van der Waals surface area contributed by atoms with Crippen molar-refractivity contribution >= 4 is 5.69 Å². The van der Waals surface area contributed by atoms with Gasteiger partial charge in [-0.05, 0) is 43.3 Å². The molecule has 3 nitrogen and oxygen atoms in total. The molecule has 0 amide bonds. The second-order valence-corrected chi connectivity index (χ2v) is 5.72. The normalized spacial score (nSPS) is 11.6. The Bertz CT molecular complexity index is 914. The lowest BCUT2D eigenvalue weighted by molar-refractivity contribution is -0.141. The van der Waals surface area contributed by atoms with Crippen LogP contribution in [0.5, 0.6) is 0 Å². The van der Waals surface area contributed by atoms with Crippen LogP contribution in [0.4, 0.5) is 27.6 Å². The van der Waals surface area contributed by atoms with Gasteiger partial charge in [0.1, 0.15) is 11.6 Å². The predicted molar refractivity (Wildman–Crippen MR) is 87.0 cm³/mol. The van der Waals surface area contributed by atoms with E-state index < -0.39 is 23.5 Å². The molecule has 136 valence electrons. The fraction of sp³-hybridized carbons (Fsp3) is 0.167. The fourth-order valence-electron chi connectivity index (χ4n) is 2.46. The van der Waals surface area contributed by atoms with E-state index in [0.717, 1.165) is 12.1 Å². The third kappa shape index (κ3) is 3.84. The molecule has 0 aliphatic heterocycles. The molecule has 3 rings (SSSR count). The molecule has 0 aliphatic rings. The topological polar surface area (TPSA) is 29.9 Å². The number of benzene rings is 2. The van der Waals surface area contributed by atoms with Crippen molar-refractivity contribution in [2.24, 2.45) is 0 Å². The van der Waals surface area contributed by atoms with Crippen LogP contribution in [0.15, 0.2) is 48.5 Å². The van der Waals surface area contributed by atoms with Gasteiger partial charge in [-0.1, -0.05) is 6.07 Å². The van der Waals surface area contributed by atoms with Gasteiger partial charge in [-0.15, -0.1) is 0 Å². The van der Waals surface area contributed by atoms with E-state index in [1.165, 1.54) is 23.7 Å². The lowest BCUT2D eigenvalue weighted by Crippen LogP contribution is -2.07. The Hall–Kier alpha value is -2.90. The Labute approximate surface area is 146 Å². The molecule has 0 radical (unpaired) electrons. The average molecular weight is 367 g/mol. The molecule has 0 saturated heterocycles. The van der Waals surface area contributed by atoms with Gasteiger partial charge in [0, 0.05) is 29.6 Å². The first-order chi connectivity index (χ1) is 12.2. The summed E-state index contributed by atoms with van der Waals surface area (Å²) in [5, 5.41) is 6.55. The van der Waals surface area contributed by atoms with E-state index in [1.54, 1.807) is 24.3 Å². The molecule has 0 atom stereocenters. The number of rotatable bonds is 4. The zero-order valence-electron chi connectivity index (χ0n) is 13.6. The van der Waals surface area contributed by atoms with Crippen molar-refractivity contribution in [3.8, 4) is 5.69 Å². The SMILES string of the molecule is Cc1cc(C(F)(F)F)nn1-c1ccc(NCc2ccc(F)cc2F)cc1. The monoisotopic (exact) mass is 367 g/mol. The van der Waals surface area contributed by atoms with Crippen molar-refractivity contribution < 1.29 is 22.0 Å². The summed E-state index contributed by atoms with van der Waals surface area (Å²) in [7, 11) is 0. The van der Waals surface area contributed by atoms with Crippen LogP contribution in [-0.4, -0.2) is 9.78 Å². The van der Waals surface area contributed by atoms with Gasteiger partial charge in [-0.25, -0.2) is 13.5 Å². The van der Waals surface area contributed by atoms with E-state index in [4.69, 9.17) is 0 Å². The summed E-state index contributed by atoms with van der Waals surface area (Å²) in [5.74, 6) is -1.30. The van der Waals surface area contributed by atoms with E-state index in [1.807, 2.05) is 0 Å². The van der Waals surface area contributed by atoms with Crippen molar-refractivity contribution in [1.82, 2.24) is 9.78 Å². The van der Waals surface area contributed by atoms with Gasteiger partial charge in [-0.3, -0.25) is 0 Å². The molecule has 0 bridgehead atoms. The van der Waals surface area contributed by atoms with Crippen LogP contribution in [0.1, 0.15) is 17.0 Å². The van der Waals surface area contributed by atoms with Crippen LogP contribution < -0.4 is 5.32 Å². The highest BCUT2D eigenvalue weighted by molar-refractivity contribution is 5.49. The van der Waals surface area contributed by atoms with Gasteiger partial charge < -0.3 is 5.32 Å².